The van der Waals surface area contributed by atoms with Gasteiger partial charge in [0, 0.05) is 11.3 Å². The Bertz CT molecular complexity index is 1310. The number of anilines is 1. The topological polar surface area (TPSA) is 55.1 Å². The first-order valence-corrected chi connectivity index (χ1v) is 9.66. The second-order valence-corrected chi connectivity index (χ2v) is 7.52. The predicted octanol–water partition coefficient (Wildman–Crippen LogP) is 7.04. The molecule has 158 valence electrons. The Labute approximate surface area is 180 Å². The number of halogens is 4. The SMILES string of the molecule is Cc1ccc(C(=O)Nc2ccc(-c3nc4c(C)cccc4o3)c(Cl)c2)cc1C(F)(F)F. The van der Waals surface area contributed by atoms with Crippen LogP contribution in [-0.4, -0.2) is 10.9 Å². The monoisotopic (exact) mass is 444 g/mol. The van der Waals surface area contributed by atoms with Crippen LogP contribution in [0.4, 0.5) is 18.9 Å². The molecular formula is C23H16ClF3N2O2. The molecule has 0 spiro atoms. The number of aryl methyl sites for hydroxylation is 2. The second kappa shape index (κ2) is 7.74. The molecule has 8 heteroatoms. The molecule has 1 N–H and O–H groups in total. The number of rotatable bonds is 3. The summed E-state index contributed by atoms with van der Waals surface area (Å²) in [6, 6.07) is 13.7. The van der Waals surface area contributed by atoms with Gasteiger partial charge < -0.3 is 9.73 Å². The average molecular weight is 445 g/mol. The van der Waals surface area contributed by atoms with Crippen molar-refractivity contribution < 1.29 is 22.4 Å². The molecule has 31 heavy (non-hydrogen) atoms. The van der Waals surface area contributed by atoms with Crippen LogP contribution < -0.4 is 5.32 Å². The summed E-state index contributed by atoms with van der Waals surface area (Å²) in [6.45, 7) is 3.26. The molecule has 0 aliphatic carbocycles. The highest BCUT2D eigenvalue weighted by atomic mass is 35.5. The third-order valence-electron chi connectivity index (χ3n) is 4.88. The molecule has 1 aromatic heterocycles. The number of nitrogens with zero attached hydrogens (tertiary/aromatic N) is 1. The molecule has 0 atom stereocenters. The Balaban J connectivity index is 1.60. The maximum atomic E-state index is 13.1. The number of nitrogens with one attached hydrogen (secondary N) is 1. The molecule has 0 fully saturated rings. The molecule has 0 bridgehead atoms. The molecule has 0 aliphatic heterocycles. The van der Waals surface area contributed by atoms with Crippen LogP contribution in [0.3, 0.4) is 0 Å². The summed E-state index contributed by atoms with van der Waals surface area (Å²) in [6.07, 6.45) is -4.54. The zero-order chi connectivity index (χ0) is 22.3. The van der Waals surface area contributed by atoms with E-state index in [-0.39, 0.29) is 16.1 Å². The summed E-state index contributed by atoms with van der Waals surface area (Å²) in [7, 11) is 0. The molecular weight excluding hydrogens is 429 g/mol. The van der Waals surface area contributed by atoms with Gasteiger partial charge in [-0.25, -0.2) is 4.98 Å². The van der Waals surface area contributed by atoms with E-state index in [1.807, 2.05) is 19.1 Å². The van der Waals surface area contributed by atoms with Gasteiger partial charge in [-0.1, -0.05) is 29.8 Å². The summed E-state index contributed by atoms with van der Waals surface area (Å²) in [5.41, 5.74) is 2.28. The fourth-order valence-electron chi connectivity index (χ4n) is 3.24. The molecule has 3 aromatic carbocycles. The summed E-state index contributed by atoms with van der Waals surface area (Å²) < 4.78 is 45.1. The van der Waals surface area contributed by atoms with Crippen LogP contribution in [0.1, 0.15) is 27.0 Å². The third-order valence-corrected chi connectivity index (χ3v) is 5.20. The van der Waals surface area contributed by atoms with E-state index in [2.05, 4.69) is 10.3 Å². The quantitative estimate of drug-likeness (QED) is 0.369. The van der Waals surface area contributed by atoms with Crippen LogP contribution in [-0.2, 0) is 6.18 Å². The summed E-state index contributed by atoms with van der Waals surface area (Å²) in [5, 5.41) is 2.85. The molecule has 1 amide bonds. The van der Waals surface area contributed by atoms with Crippen LogP contribution in [0, 0.1) is 13.8 Å². The van der Waals surface area contributed by atoms with E-state index in [0.29, 0.717) is 22.7 Å². The van der Waals surface area contributed by atoms with E-state index in [1.54, 1.807) is 18.2 Å². The number of benzene rings is 3. The number of aromatic nitrogens is 1. The van der Waals surface area contributed by atoms with Crippen molar-refractivity contribution >= 4 is 34.3 Å². The van der Waals surface area contributed by atoms with Crippen molar-refractivity contribution in [2.24, 2.45) is 0 Å². The van der Waals surface area contributed by atoms with E-state index < -0.39 is 17.6 Å². The minimum Gasteiger partial charge on any atom is -0.436 e. The van der Waals surface area contributed by atoms with E-state index in [0.717, 1.165) is 17.1 Å². The number of hydrogen-bond donors (Lipinski definition) is 1. The number of oxazole rings is 1. The van der Waals surface area contributed by atoms with Gasteiger partial charge in [0.2, 0.25) is 5.89 Å². The molecule has 4 rings (SSSR count). The fraction of sp³-hybridized carbons (Fsp3) is 0.130. The minimum absolute atomic E-state index is 0.0463. The number of carbonyl (C=O) groups is 1. The van der Waals surface area contributed by atoms with Gasteiger partial charge in [-0.3, -0.25) is 4.79 Å². The molecule has 1 heterocycles. The molecule has 4 nitrogen and oxygen atoms in total. The first kappa shape index (κ1) is 20.9. The lowest BCUT2D eigenvalue weighted by Gasteiger charge is -2.12. The average Bonchev–Trinajstić information content (AvgIpc) is 3.13. The number of hydrogen-bond acceptors (Lipinski definition) is 3. The van der Waals surface area contributed by atoms with Crippen LogP contribution in [0.2, 0.25) is 5.02 Å². The van der Waals surface area contributed by atoms with Crippen LogP contribution in [0.15, 0.2) is 59.0 Å². The largest absolute Gasteiger partial charge is 0.436 e. The van der Waals surface area contributed by atoms with Gasteiger partial charge in [-0.15, -0.1) is 0 Å². The normalized spacial score (nSPS) is 11.7. The Kier molecular flexibility index (Phi) is 5.23. The number of fused-ring (bicyclic) bond motifs is 1. The lowest BCUT2D eigenvalue weighted by molar-refractivity contribution is -0.138. The van der Waals surface area contributed by atoms with Crippen molar-refractivity contribution in [1.82, 2.24) is 4.98 Å². The molecule has 0 saturated carbocycles. The highest BCUT2D eigenvalue weighted by molar-refractivity contribution is 6.33. The molecule has 0 unspecified atom stereocenters. The Morgan fingerprint density at radius 3 is 2.48 bits per heavy atom. The zero-order valence-electron chi connectivity index (χ0n) is 16.5. The summed E-state index contributed by atoms with van der Waals surface area (Å²) >= 11 is 6.37. The highest BCUT2D eigenvalue weighted by Gasteiger charge is 2.33. The van der Waals surface area contributed by atoms with Gasteiger partial charge in [-0.05, 0) is 61.4 Å². The highest BCUT2D eigenvalue weighted by Crippen LogP contribution is 2.34. The Morgan fingerprint density at radius 2 is 1.81 bits per heavy atom. The predicted molar refractivity (Wildman–Crippen MR) is 113 cm³/mol. The van der Waals surface area contributed by atoms with Crippen molar-refractivity contribution in [3.8, 4) is 11.5 Å². The van der Waals surface area contributed by atoms with Gasteiger partial charge in [0.05, 0.1) is 16.1 Å². The van der Waals surface area contributed by atoms with E-state index in [4.69, 9.17) is 16.0 Å². The van der Waals surface area contributed by atoms with E-state index >= 15 is 0 Å². The van der Waals surface area contributed by atoms with Crippen LogP contribution in [0.5, 0.6) is 0 Å². The molecule has 0 radical (unpaired) electrons. The second-order valence-electron chi connectivity index (χ2n) is 7.12. The smallest absolute Gasteiger partial charge is 0.416 e. The van der Waals surface area contributed by atoms with E-state index in [9.17, 15) is 18.0 Å². The van der Waals surface area contributed by atoms with Gasteiger partial charge in [-0.2, -0.15) is 13.2 Å². The summed E-state index contributed by atoms with van der Waals surface area (Å²) in [5.74, 6) is -0.340. The maximum Gasteiger partial charge on any atom is 0.416 e. The zero-order valence-corrected chi connectivity index (χ0v) is 17.2. The molecule has 0 saturated heterocycles. The number of alkyl halides is 3. The number of carbonyl (C=O) groups excluding carboxylic acids is 1. The van der Waals surface area contributed by atoms with Gasteiger partial charge >= 0.3 is 6.18 Å². The Morgan fingerprint density at radius 1 is 1.03 bits per heavy atom. The van der Waals surface area contributed by atoms with Gasteiger partial charge in [0.15, 0.2) is 5.58 Å². The standard InChI is InChI=1S/C23H16ClF3N2O2/c1-12-6-7-14(10-17(12)23(25,26)27)21(30)28-15-8-9-16(18(24)11-15)22-29-20-13(2)4-3-5-19(20)31-22/h3-11H,1-2H3,(H,28,30). The number of amides is 1. The van der Waals surface area contributed by atoms with Crippen molar-refractivity contribution in [1.29, 1.82) is 0 Å². The lowest BCUT2D eigenvalue weighted by atomic mass is 10.0. The fourth-order valence-corrected chi connectivity index (χ4v) is 3.50. The molecule has 0 aliphatic rings. The van der Waals surface area contributed by atoms with Crippen molar-refractivity contribution in [2.45, 2.75) is 20.0 Å². The molecule has 4 aromatic rings. The van der Waals surface area contributed by atoms with Crippen molar-refractivity contribution in [2.75, 3.05) is 5.32 Å². The first-order chi connectivity index (χ1) is 14.6. The summed E-state index contributed by atoms with van der Waals surface area (Å²) in [4.78, 5) is 17.0. The number of para-hydroxylation sites is 1. The van der Waals surface area contributed by atoms with Crippen LogP contribution in [0.25, 0.3) is 22.6 Å². The van der Waals surface area contributed by atoms with Gasteiger partial charge in [0.1, 0.15) is 5.52 Å². The minimum atomic E-state index is -4.54. The van der Waals surface area contributed by atoms with Crippen LogP contribution >= 0.6 is 11.6 Å². The van der Waals surface area contributed by atoms with E-state index in [1.165, 1.54) is 25.1 Å². The lowest BCUT2D eigenvalue weighted by Crippen LogP contribution is -2.15. The van der Waals surface area contributed by atoms with Crippen molar-refractivity contribution in [3.63, 3.8) is 0 Å². The first-order valence-electron chi connectivity index (χ1n) is 9.29. The Hall–Kier alpha value is -3.32. The third kappa shape index (κ3) is 4.14. The maximum absolute atomic E-state index is 13.1. The van der Waals surface area contributed by atoms with Crippen molar-refractivity contribution in [3.05, 3.63) is 81.9 Å². The van der Waals surface area contributed by atoms with Gasteiger partial charge in [0.25, 0.3) is 5.91 Å².